The summed E-state index contributed by atoms with van der Waals surface area (Å²) < 4.78 is 0.396. The Bertz CT molecular complexity index is 826. The summed E-state index contributed by atoms with van der Waals surface area (Å²) in [5.41, 5.74) is 10.1. The summed E-state index contributed by atoms with van der Waals surface area (Å²) in [5, 5.41) is 0.674. The Balaban J connectivity index is 2.21. The van der Waals surface area contributed by atoms with Crippen LogP contribution < -0.4 is 5.73 Å². The minimum Gasteiger partial charge on any atom is -0.395 e. The van der Waals surface area contributed by atoms with Crippen molar-refractivity contribution < 1.29 is 0 Å². The van der Waals surface area contributed by atoms with Crippen molar-refractivity contribution >= 4 is 29.5 Å². The number of hydrogen-bond donors (Lipinski definition) is 2. The number of nitrogens with zero attached hydrogens (tertiary/aromatic N) is 1. The van der Waals surface area contributed by atoms with Crippen molar-refractivity contribution in [1.82, 2.24) is 9.97 Å². The van der Waals surface area contributed by atoms with E-state index in [0.717, 1.165) is 16.8 Å². The molecule has 3 rings (SSSR count). The topological polar surface area (TPSA) is 54.7 Å². The summed E-state index contributed by atoms with van der Waals surface area (Å²) in [4.78, 5) is 7.41. The van der Waals surface area contributed by atoms with Crippen molar-refractivity contribution in [1.29, 1.82) is 0 Å². The molecule has 21 heavy (non-hydrogen) atoms. The number of rotatable bonds is 2. The van der Waals surface area contributed by atoms with Gasteiger partial charge in [-0.25, -0.2) is 4.98 Å². The van der Waals surface area contributed by atoms with Gasteiger partial charge in [-0.1, -0.05) is 54.1 Å². The Morgan fingerprint density at radius 1 is 0.952 bits per heavy atom. The molecule has 0 aliphatic heterocycles. The van der Waals surface area contributed by atoms with E-state index >= 15 is 0 Å². The van der Waals surface area contributed by atoms with E-state index in [-0.39, 0.29) is 0 Å². The predicted molar refractivity (Wildman–Crippen MR) is 89.7 cm³/mol. The van der Waals surface area contributed by atoms with Gasteiger partial charge in [0.25, 0.3) is 0 Å². The fourth-order valence-electron chi connectivity index (χ4n) is 2.14. The maximum atomic E-state index is 6.28. The molecule has 1 heterocycles. The Morgan fingerprint density at radius 2 is 1.62 bits per heavy atom. The van der Waals surface area contributed by atoms with Gasteiger partial charge in [0.05, 0.1) is 17.1 Å². The molecule has 0 amide bonds. The van der Waals surface area contributed by atoms with E-state index in [2.05, 4.69) is 9.97 Å². The smallest absolute Gasteiger partial charge is 0.197 e. The molecule has 5 heteroatoms. The first-order chi connectivity index (χ1) is 10.1. The normalized spacial score (nSPS) is 10.5. The third-order valence-electron chi connectivity index (χ3n) is 3.15. The fourth-order valence-corrected chi connectivity index (χ4v) is 2.46. The van der Waals surface area contributed by atoms with Gasteiger partial charge in [0.1, 0.15) is 0 Å². The molecular formula is C16H12ClN3S. The monoisotopic (exact) mass is 313 g/mol. The summed E-state index contributed by atoms with van der Waals surface area (Å²) in [6.07, 6.45) is 0. The minimum absolute atomic E-state index is 0.396. The number of benzene rings is 2. The minimum atomic E-state index is 0.396. The Kier molecular flexibility index (Phi) is 3.73. The van der Waals surface area contributed by atoms with Crippen molar-refractivity contribution in [2.75, 3.05) is 5.73 Å². The largest absolute Gasteiger partial charge is 0.395 e. The van der Waals surface area contributed by atoms with Crippen molar-refractivity contribution in [3.8, 4) is 22.5 Å². The summed E-state index contributed by atoms with van der Waals surface area (Å²) >= 11 is 11.1. The predicted octanol–water partition coefficient (Wildman–Crippen LogP) is 4.71. The van der Waals surface area contributed by atoms with Gasteiger partial charge in [-0.15, -0.1) is 0 Å². The lowest BCUT2D eigenvalue weighted by Gasteiger charge is -2.11. The van der Waals surface area contributed by atoms with E-state index in [9.17, 15) is 0 Å². The molecule has 0 spiro atoms. The molecule has 1 aromatic heterocycles. The quantitative estimate of drug-likeness (QED) is 0.674. The summed E-state index contributed by atoms with van der Waals surface area (Å²) in [6, 6.07) is 17.2. The third kappa shape index (κ3) is 2.82. The highest BCUT2D eigenvalue weighted by Gasteiger charge is 2.11. The van der Waals surface area contributed by atoms with Crippen LogP contribution in [0.4, 0.5) is 5.69 Å². The Morgan fingerprint density at radius 3 is 2.29 bits per heavy atom. The van der Waals surface area contributed by atoms with Crippen LogP contribution in [0.2, 0.25) is 5.02 Å². The lowest BCUT2D eigenvalue weighted by atomic mass is 10.1. The first-order valence-corrected chi connectivity index (χ1v) is 7.15. The lowest BCUT2D eigenvalue weighted by Crippen LogP contribution is -2.00. The summed E-state index contributed by atoms with van der Waals surface area (Å²) in [5.74, 6) is 0. The number of nitrogen functional groups attached to an aromatic ring is 1. The molecule has 0 aliphatic rings. The van der Waals surface area contributed by atoms with Crippen LogP contribution in [0.25, 0.3) is 22.5 Å². The molecule has 0 fully saturated rings. The highest BCUT2D eigenvalue weighted by atomic mass is 35.5. The highest BCUT2D eigenvalue weighted by Crippen LogP contribution is 2.31. The molecule has 3 aromatic rings. The van der Waals surface area contributed by atoms with E-state index in [4.69, 9.17) is 29.6 Å². The first-order valence-electron chi connectivity index (χ1n) is 6.36. The standard InChI is InChI=1S/C16H12ClN3S/c17-12-8-6-11(7-9-12)15-13(18)14(19-16(21)20-15)10-4-2-1-3-5-10/h1-9H,18H2,(H,19,20,21). The van der Waals surface area contributed by atoms with Crippen LogP contribution in [-0.2, 0) is 0 Å². The number of nitrogens with two attached hydrogens (primary N) is 1. The van der Waals surface area contributed by atoms with Gasteiger partial charge in [0.2, 0.25) is 0 Å². The highest BCUT2D eigenvalue weighted by molar-refractivity contribution is 7.71. The number of aromatic nitrogens is 2. The molecule has 0 saturated heterocycles. The van der Waals surface area contributed by atoms with Gasteiger partial charge < -0.3 is 10.7 Å². The van der Waals surface area contributed by atoms with Gasteiger partial charge in [-0.2, -0.15) is 0 Å². The molecule has 0 unspecified atom stereocenters. The van der Waals surface area contributed by atoms with Crippen molar-refractivity contribution in [3.63, 3.8) is 0 Å². The number of nitrogens with one attached hydrogen (secondary N) is 1. The Hall–Kier alpha value is -2.17. The number of aromatic amines is 1. The van der Waals surface area contributed by atoms with E-state index in [0.29, 0.717) is 21.2 Å². The van der Waals surface area contributed by atoms with Crippen molar-refractivity contribution in [3.05, 3.63) is 64.4 Å². The molecule has 0 bridgehead atoms. The SMILES string of the molecule is Nc1c(-c2ccccc2)nc(=S)[nH]c1-c1ccc(Cl)cc1. The molecule has 104 valence electrons. The van der Waals surface area contributed by atoms with Crippen molar-refractivity contribution in [2.45, 2.75) is 0 Å². The van der Waals surface area contributed by atoms with Gasteiger partial charge in [0, 0.05) is 16.1 Å². The molecule has 0 radical (unpaired) electrons. The number of anilines is 1. The van der Waals surface area contributed by atoms with E-state index < -0.39 is 0 Å². The number of hydrogen-bond acceptors (Lipinski definition) is 3. The van der Waals surface area contributed by atoms with Gasteiger partial charge >= 0.3 is 0 Å². The second kappa shape index (κ2) is 5.68. The van der Waals surface area contributed by atoms with Crippen LogP contribution in [0.3, 0.4) is 0 Å². The Labute approximate surface area is 132 Å². The number of halogens is 1. The fraction of sp³-hybridized carbons (Fsp3) is 0. The van der Waals surface area contributed by atoms with Gasteiger partial charge in [-0.05, 0) is 24.4 Å². The van der Waals surface area contributed by atoms with Crippen LogP contribution in [-0.4, -0.2) is 9.97 Å². The lowest BCUT2D eigenvalue weighted by molar-refractivity contribution is 1.15. The zero-order valence-electron chi connectivity index (χ0n) is 11.0. The summed E-state index contributed by atoms with van der Waals surface area (Å²) in [7, 11) is 0. The van der Waals surface area contributed by atoms with Gasteiger partial charge in [0.15, 0.2) is 4.77 Å². The van der Waals surface area contributed by atoms with Crippen molar-refractivity contribution in [2.24, 2.45) is 0 Å². The second-order valence-corrected chi connectivity index (χ2v) is 5.38. The molecular weight excluding hydrogens is 302 g/mol. The zero-order valence-corrected chi connectivity index (χ0v) is 12.6. The van der Waals surface area contributed by atoms with Crippen LogP contribution in [0.5, 0.6) is 0 Å². The van der Waals surface area contributed by atoms with Crippen LogP contribution >= 0.6 is 23.8 Å². The number of H-pyrrole nitrogens is 1. The van der Waals surface area contributed by atoms with E-state index in [1.807, 2.05) is 54.6 Å². The van der Waals surface area contributed by atoms with Crippen LogP contribution in [0.15, 0.2) is 54.6 Å². The molecule has 2 aromatic carbocycles. The zero-order chi connectivity index (χ0) is 14.8. The van der Waals surface area contributed by atoms with Crippen LogP contribution in [0.1, 0.15) is 0 Å². The molecule has 0 aliphatic carbocycles. The molecule has 3 N–H and O–H groups in total. The maximum Gasteiger partial charge on any atom is 0.197 e. The average Bonchev–Trinajstić information content (AvgIpc) is 2.51. The summed E-state index contributed by atoms with van der Waals surface area (Å²) in [6.45, 7) is 0. The molecule has 3 nitrogen and oxygen atoms in total. The van der Waals surface area contributed by atoms with Gasteiger partial charge in [-0.3, -0.25) is 0 Å². The maximum absolute atomic E-state index is 6.28. The molecule has 0 saturated carbocycles. The van der Waals surface area contributed by atoms with E-state index in [1.54, 1.807) is 0 Å². The first kappa shape index (κ1) is 13.8. The van der Waals surface area contributed by atoms with Crippen LogP contribution in [0, 0.1) is 4.77 Å². The second-order valence-electron chi connectivity index (χ2n) is 4.55. The third-order valence-corrected chi connectivity index (χ3v) is 3.60. The van der Waals surface area contributed by atoms with E-state index in [1.165, 1.54) is 0 Å². The molecule has 0 atom stereocenters. The average molecular weight is 314 g/mol.